The number of ether oxygens (including phenoxy) is 1. The predicted molar refractivity (Wildman–Crippen MR) is 114 cm³/mol. The minimum absolute atomic E-state index is 0.0137. The van der Waals surface area contributed by atoms with Gasteiger partial charge in [0.1, 0.15) is 17.3 Å². The van der Waals surface area contributed by atoms with Gasteiger partial charge in [0.15, 0.2) is 11.6 Å². The lowest BCUT2D eigenvalue weighted by Crippen LogP contribution is -1.98. The molecule has 1 heterocycles. The lowest BCUT2D eigenvalue weighted by molar-refractivity contribution is 0.436. The summed E-state index contributed by atoms with van der Waals surface area (Å²) in [7, 11) is 0. The van der Waals surface area contributed by atoms with Crippen molar-refractivity contribution < 1.29 is 9.13 Å². The average molecular weight is 482 g/mol. The molecule has 0 radical (unpaired) electrons. The minimum atomic E-state index is -0.554. The minimum Gasteiger partial charge on any atom is -0.453 e. The molecule has 0 aliphatic carbocycles. The van der Waals surface area contributed by atoms with Crippen LogP contribution in [0.5, 0.6) is 11.5 Å². The summed E-state index contributed by atoms with van der Waals surface area (Å²) in [5.41, 5.74) is 2.37. The summed E-state index contributed by atoms with van der Waals surface area (Å²) in [6, 6.07) is 17.2. The Bertz CT molecular complexity index is 1370. The van der Waals surface area contributed by atoms with Crippen LogP contribution in [0.25, 0.3) is 10.9 Å². The first-order chi connectivity index (χ1) is 14.5. The van der Waals surface area contributed by atoms with E-state index >= 15 is 4.39 Å². The molecule has 0 aliphatic rings. The van der Waals surface area contributed by atoms with Gasteiger partial charge in [0.2, 0.25) is 0 Å². The highest BCUT2D eigenvalue weighted by molar-refractivity contribution is 9.10. The van der Waals surface area contributed by atoms with Crippen molar-refractivity contribution in [2.45, 2.75) is 6.42 Å². The molecule has 4 aromatic rings. The first kappa shape index (κ1) is 19.9. The number of halogens is 3. The fourth-order valence-corrected chi connectivity index (χ4v) is 3.73. The fourth-order valence-electron chi connectivity index (χ4n) is 3.11. The van der Waals surface area contributed by atoms with E-state index in [1.165, 1.54) is 18.2 Å². The molecule has 8 heteroatoms. The zero-order chi connectivity index (χ0) is 21.3. The largest absolute Gasteiger partial charge is 0.453 e. The van der Waals surface area contributed by atoms with E-state index in [2.05, 4.69) is 32.2 Å². The Morgan fingerprint density at radius 1 is 1.13 bits per heavy atom. The predicted octanol–water partition coefficient (Wildman–Crippen LogP) is 6.24. The Labute approximate surface area is 184 Å². The highest BCUT2D eigenvalue weighted by atomic mass is 79.9. The average Bonchev–Trinajstić information content (AvgIpc) is 3.15. The van der Waals surface area contributed by atoms with Gasteiger partial charge >= 0.3 is 0 Å². The van der Waals surface area contributed by atoms with Crippen molar-refractivity contribution in [2.24, 2.45) is 0 Å². The molecule has 1 aromatic heterocycles. The van der Waals surface area contributed by atoms with Gasteiger partial charge in [-0.3, -0.25) is 5.10 Å². The van der Waals surface area contributed by atoms with Gasteiger partial charge < -0.3 is 4.74 Å². The Hall–Kier alpha value is -3.39. The van der Waals surface area contributed by atoms with Gasteiger partial charge in [-0.1, -0.05) is 29.8 Å². The molecule has 1 N–H and O–H groups in total. The van der Waals surface area contributed by atoms with E-state index in [9.17, 15) is 5.26 Å². The van der Waals surface area contributed by atoms with Crippen LogP contribution >= 0.6 is 27.5 Å². The van der Waals surface area contributed by atoms with Gasteiger partial charge in [-0.15, -0.1) is 0 Å². The lowest BCUT2D eigenvalue weighted by atomic mass is 10.0. The van der Waals surface area contributed by atoms with Crippen LogP contribution in [-0.4, -0.2) is 10.2 Å². The number of aromatic nitrogens is 2. The van der Waals surface area contributed by atoms with Crippen LogP contribution in [0.4, 0.5) is 4.39 Å². The summed E-state index contributed by atoms with van der Waals surface area (Å²) in [6.07, 6.45) is 0.222. The Morgan fingerprint density at radius 3 is 2.73 bits per heavy atom. The zero-order valence-electron chi connectivity index (χ0n) is 15.2. The summed E-state index contributed by atoms with van der Waals surface area (Å²) in [4.78, 5) is 0. The maximum atomic E-state index is 15.3. The van der Waals surface area contributed by atoms with Crippen LogP contribution in [0.3, 0.4) is 0 Å². The number of nitriles is 2. The SMILES string of the molecule is N#Cc1cc(Cl)cc(Oc2c(Br)ccc(Cc3[nH]nc4c(C#N)cccc34)c2F)c1. The van der Waals surface area contributed by atoms with Crippen LogP contribution < -0.4 is 4.74 Å². The summed E-state index contributed by atoms with van der Waals surface area (Å²) in [5, 5.41) is 26.5. The van der Waals surface area contributed by atoms with Crippen molar-refractivity contribution in [2.75, 3.05) is 0 Å². The topological polar surface area (TPSA) is 85.5 Å². The van der Waals surface area contributed by atoms with Crippen LogP contribution in [-0.2, 0) is 6.42 Å². The van der Waals surface area contributed by atoms with Crippen molar-refractivity contribution >= 4 is 38.4 Å². The first-order valence-corrected chi connectivity index (χ1v) is 9.88. The van der Waals surface area contributed by atoms with Crippen LogP contribution in [0.1, 0.15) is 22.4 Å². The maximum absolute atomic E-state index is 15.3. The van der Waals surface area contributed by atoms with Crippen molar-refractivity contribution in [3.8, 4) is 23.6 Å². The smallest absolute Gasteiger partial charge is 0.177 e. The number of hydrogen-bond acceptors (Lipinski definition) is 4. The molecule has 0 spiro atoms. The van der Waals surface area contributed by atoms with E-state index in [1.54, 1.807) is 24.3 Å². The molecule has 5 nitrogen and oxygen atoms in total. The third-order valence-corrected chi connectivity index (χ3v) is 5.34. The molecule has 0 bridgehead atoms. The van der Waals surface area contributed by atoms with Crippen molar-refractivity contribution in [1.82, 2.24) is 10.2 Å². The second kappa shape index (κ2) is 8.16. The number of rotatable bonds is 4. The molecule has 3 aromatic carbocycles. The molecule has 0 aliphatic heterocycles. The molecule has 4 rings (SSSR count). The van der Waals surface area contributed by atoms with Gasteiger partial charge in [0.05, 0.1) is 21.7 Å². The highest BCUT2D eigenvalue weighted by Gasteiger charge is 2.18. The lowest BCUT2D eigenvalue weighted by Gasteiger charge is -2.12. The molecule has 0 saturated heterocycles. The van der Waals surface area contributed by atoms with Crippen molar-refractivity contribution in [3.05, 3.63) is 86.2 Å². The van der Waals surface area contributed by atoms with Gasteiger partial charge in [-0.05, 0) is 51.8 Å². The third-order valence-electron chi connectivity index (χ3n) is 4.50. The Balaban J connectivity index is 1.71. The second-order valence-electron chi connectivity index (χ2n) is 6.43. The van der Waals surface area contributed by atoms with Gasteiger partial charge in [0, 0.05) is 22.5 Å². The molecule has 0 amide bonds. The van der Waals surface area contributed by atoms with E-state index in [4.69, 9.17) is 21.6 Å². The van der Waals surface area contributed by atoms with Crippen LogP contribution in [0.15, 0.2) is 53.0 Å². The molecule has 0 atom stereocenters. The molecule has 0 fully saturated rings. The van der Waals surface area contributed by atoms with E-state index in [1.807, 2.05) is 12.1 Å². The fraction of sp³-hybridized carbons (Fsp3) is 0.0455. The molecule has 0 unspecified atom stereocenters. The Morgan fingerprint density at radius 2 is 1.97 bits per heavy atom. The summed E-state index contributed by atoms with van der Waals surface area (Å²) in [6.45, 7) is 0. The molecule has 30 heavy (non-hydrogen) atoms. The van der Waals surface area contributed by atoms with Gasteiger partial charge in [0.25, 0.3) is 0 Å². The Kier molecular flexibility index (Phi) is 5.41. The second-order valence-corrected chi connectivity index (χ2v) is 7.72. The number of H-pyrrole nitrogens is 1. The number of para-hydroxylation sites is 1. The molecule has 146 valence electrons. The standard InChI is InChI=1S/C22H11BrClFN4O/c23-18-5-4-13(8-19-17-3-1-2-14(11-27)21(17)29-28-19)20(25)22(18)30-16-7-12(10-26)6-15(24)9-16/h1-7,9H,8H2,(H,28,29). The third kappa shape index (κ3) is 3.73. The number of aromatic amines is 1. The number of fused-ring (bicyclic) bond motifs is 1. The molecular weight excluding hydrogens is 471 g/mol. The monoisotopic (exact) mass is 480 g/mol. The van der Waals surface area contributed by atoms with Gasteiger partial charge in [-0.25, -0.2) is 4.39 Å². The van der Waals surface area contributed by atoms with Gasteiger partial charge in [-0.2, -0.15) is 15.6 Å². The first-order valence-electron chi connectivity index (χ1n) is 8.71. The normalized spacial score (nSPS) is 10.6. The zero-order valence-corrected chi connectivity index (χ0v) is 17.6. The van der Waals surface area contributed by atoms with E-state index in [0.717, 1.165) is 5.39 Å². The quantitative estimate of drug-likeness (QED) is 0.373. The highest BCUT2D eigenvalue weighted by Crippen LogP contribution is 2.36. The summed E-state index contributed by atoms with van der Waals surface area (Å²) < 4.78 is 21.4. The number of benzene rings is 3. The number of nitrogens with one attached hydrogen (secondary N) is 1. The maximum Gasteiger partial charge on any atom is 0.177 e. The van der Waals surface area contributed by atoms with E-state index < -0.39 is 5.82 Å². The number of hydrogen-bond donors (Lipinski definition) is 1. The van der Waals surface area contributed by atoms with Crippen molar-refractivity contribution in [3.63, 3.8) is 0 Å². The van der Waals surface area contributed by atoms with Crippen LogP contribution in [0, 0.1) is 28.5 Å². The number of nitrogens with zero attached hydrogens (tertiary/aromatic N) is 3. The van der Waals surface area contributed by atoms with Crippen LogP contribution in [0.2, 0.25) is 5.02 Å². The summed E-state index contributed by atoms with van der Waals surface area (Å²) >= 11 is 9.32. The molecule has 0 saturated carbocycles. The van der Waals surface area contributed by atoms with E-state index in [-0.39, 0.29) is 17.9 Å². The summed E-state index contributed by atoms with van der Waals surface area (Å²) in [5.74, 6) is -0.316. The van der Waals surface area contributed by atoms with E-state index in [0.29, 0.717) is 37.4 Å². The molecular formula is C22H11BrClFN4O. The van der Waals surface area contributed by atoms with Crippen molar-refractivity contribution in [1.29, 1.82) is 10.5 Å².